The average molecular weight is 345 g/mol. The average Bonchev–Trinajstić information content (AvgIpc) is 2.56. The van der Waals surface area contributed by atoms with Crippen molar-refractivity contribution < 1.29 is 8.42 Å². The quantitative estimate of drug-likeness (QED) is 0.893. The Balaban J connectivity index is 1.73. The number of nitrogens with one attached hydrogen (secondary N) is 1. The van der Waals surface area contributed by atoms with Crippen LogP contribution in [0.1, 0.15) is 43.4 Å². The molecule has 0 unspecified atom stereocenters. The number of nitrogens with zero attached hydrogens (tertiary/aromatic N) is 2. The van der Waals surface area contributed by atoms with Crippen molar-refractivity contribution in [3.05, 3.63) is 47.8 Å². The third kappa shape index (κ3) is 4.32. The van der Waals surface area contributed by atoms with Gasteiger partial charge in [0.15, 0.2) is 9.84 Å². The zero-order chi connectivity index (χ0) is 17.0. The number of hydrogen-bond donors (Lipinski definition) is 1. The van der Waals surface area contributed by atoms with Crippen LogP contribution in [0.3, 0.4) is 0 Å². The van der Waals surface area contributed by atoms with Gasteiger partial charge in [0.25, 0.3) is 0 Å². The van der Waals surface area contributed by atoms with E-state index in [4.69, 9.17) is 0 Å². The third-order valence-corrected chi connectivity index (χ3v) is 6.63. The first-order chi connectivity index (χ1) is 11.5. The van der Waals surface area contributed by atoms with Crippen LogP contribution in [0.5, 0.6) is 0 Å². The van der Waals surface area contributed by atoms with E-state index in [9.17, 15) is 8.42 Å². The molecule has 1 heterocycles. The number of sulfone groups is 1. The van der Waals surface area contributed by atoms with Crippen LogP contribution in [-0.2, 0) is 15.6 Å². The number of hydrogen-bond acceptors (Lipinski definition) is 5. The molecule has 1 aliphatic rings. The van der Waals surface area contributed by atoms with E-state index in [0.29, 0.717) is 5.95 Å². The largest absolute Gasteiger partial charge is 0.324 e. The van der Waals surface area contributed by atoms with Crippen molar-refractivity contribution in [3.63, 3.8) is 0 Å². The van der Waals surface area contributed by atoms with Crippen molar-refractivity contribution in [1.82, 2.24) is 9.97 Å². The molecule has 0 aliphatic heterocycles. The van der Waals surface area contributed by atoms with Gasteiger partial charge in [-0.05, 0) is 43.5 Å². The topological polar surface area (TPSA) is 72.0 Å². The molecule has 2 aromatic rings. The van der Waals surface area contributed by atoms with Gasteiger partial charge in [-0.25, -0.2) is 18.4 Å². The molecular formula is C18H23N3O2S. The lowest BCUT2D eigenvalue weighted by Gasteiger charge is -2.21. The first-order valence-corrected chi connectivity index (χ1v) is 10.1. The van der Waals surface area contributed by atoms with Gasteiger partial charge in [-0.15, -0.1) is 0 Å². The molecule has 0 amide bonds. The van der Waals surface area contributed by atoms with Crippen LogP contribution in [0.15, 0.2) is 36.5 Å². The van der Waals surface area contributed by atoms with Crippen molar-refractivity contribution in [2.45, 2.75) is 50.0 Å². The summed E-state index contributed by atoms with van der Waals surface area (Å²) in [6.45, 7) is 1.90. The summed E-state index contributed by atoms with van der Waals surface area (Å²) in [5, 5.41) is 2.96. The molecule has 128 valence electrons. The van der Waals surface area contributed by atoms with E-state index in [1.807, 2.05) is 37.3 Å². The summed E-state index contributed by atoms with van der Waals surface area (Å²) in [4.78, 5) is 8.48. The highest BCUT2D eigenvalue weighted by atomic mass is 32.2. The second-order valence-corrected chi connectivity index (χ2v) is 8.70. The zero-order valence-corrected chi connectivity index (χ0v) is 14.7. The number of aryl methyl sites for hydroxylation is 1. The minimum atomic E-state index is -3.09. The number of aromatic nitrogens is 2. The fourth-order valence-electron chi connectivity index (χ4n) is 3.15. The second kappa shape index (κ2) is 7.30. The molecule has 0 spiro atoms. The van der Waals surface area contributed by atoms with E-state index in [-0.39, 0.29) is 11.0 Å². The maximum Gasteiger partial charge on any atom is 0.227 e. The first-order valence-electron chi connectivity index (χ1n) is 8.40. The Kier molecular flexibility index (Phi) is 5.14. The van der Waals surface area contributed by atoms with Crippen LogP contribution in [0.2, 0.25) is 0 Å². The summed E-state index contributed by atoms with van der Waals surface area (Å²) < 4.78 is 25.2. The van der Waals surface area contributed by atoms with E-state index in [2.05, 4.69) is 15.3 Å². The Labute approximate surface area is 143 Å². The zero-order valence-electron chi connectivity index (χ0n) is 13.9. The highest BCUT2D eigenvalue weighted by Crippen LogP contribution is 2.27. The summed E-state index contributed by atoms with van der Waals surface area (Å²) in [7, 11) is -3.09. The first kappa shape index (κ1) is 16.9. The van der Waals surface area contributed by atoms with Gasteiger partial charge in [0.1, 0.15) is 0 Å². The Morgan fingerprint density at radius 3 is 2.71 bits per heavy atom. The maximum atomic E-state index is 12.6. The standard InChI is InChI=1S/C18H23N3O2S/c1-14-10-11-19-18(20-14)21-16-7-5-6-15(12-16)13-24(22,23)17-8-3-2-4-9-17/h5-7,10-12,17H,2-4,8-9,13H2,1H3,(H,19,20,21). The third-order valence-electron chi connectivity index (χ3n) is 4.41. The predicted molar refractivity (Wildman–Crippen MR) is 96.0 cm³/mol. The van der Waals surface area contributed by atoms with Crippen LogP contribution in [0.25, 0.3) is 0 Å². The molecule has 3 rings (SSSR count). The van der Waals surface area contributed by atoms with Crippen molar-refractivity contribution in [1.29, 1.82) is 0 Å². The van der Waals surface area contributed by atoms with Gasteiger partial charge in [-0.2, -0.15) is 0 Å². The van der Waals surface area contributed by atoms with Crippen molar-refractivity contribution >= 4 is 21.5 Å². The van der Waals surface area contributed by atoms with Gasteiger partial charge < -0.3 is 5.32 Å². The molecule has 6 heteroatoms. The molecule has 1 aromatic heterocycles. The summed E-state index contributed by atoms with van der Waals surface area (Å²) in [5.41, 5.74) is 2.48. The molecule has 1 aromatic carbocycles. The summed E-state index contributed by atoms with van der Waals surface area (Å²) in [5.74, 6) is 0.615. The molecule has 0 saturated heterocycles. The lowest BCUT2D eigenvalue weighted by atomic mass is 10.0. The number of anilines is 2. The van der Waals surface area contributed by atoms with Crippen LogP contribution in [-0.4, -0.2) is 23.6 Å². The Morgan fingerprint density at radius 1 is 1.17 bits per heavy atom. The van der Waals surface area contributed by atoms with Crippen molar-refractivity contribution in [2.24, 2.45) is 0 Å². The lowest BCUT2D eigenvalue weighted by Crippen LogP contribution is -2.25. The van der Waals surface area contributed by atoms with Crippen LogP contribution < -0.4 is 5.32 Å². The minimum Gasteiger partial charge on any atom is -0.324 e. The summed E-state index contributed by atoms with van der Waals surface area (Å²) >= 11 is 0. The van der Waals surface area contributed by atoms with Gasteiger partial charge >= 0.3 is 0 Å². The highest BCUT2D eigenvalue weighted by Gasteiger charge is 2.27. The predicted octanol–water partition coefficient (Wildman–Crippen LogP) is 3.78. The molecular weight excluding hydrogens is 322 g/mol. The van der Waals surface area contributed by atoms with Crippen LogP contribution in [0, 0.1) is 6.92 Å². The normalized spacial score (nSPS) is 16.0. The lowest BCUT2D eigenvalue weighted by molar-refractivity contribution is 0.483. The van der Waals surface area contributed by atoms with Crippen LogP contribution in [0.4, 0.5) is 11.6 Å². The molecule has 1 N–H and O–H groups in total. The second-order valence-electron chi connectivity index (χ2n) is 6.41. The van der Waals surface area contributed by atoms with Gasteiger partial charge in [0.2, 0.25) is 5.95 Å². The van der Waals surface area contributed by atoms with E-state index in [0.717, 1.165) is 49.0 Å². The van der Waals surface area contributed by atoms with E-state index >= 15 is 0 Å². The highest BCUT2D eigenvalue weighted by molar-refractivity contribution is 7.91. The number of benzene rings is 1. The maximum absolute atomic E-state index is 12.6. The van der Waals surface area contributed by atoms with Gasteiger partial charge in [-0.1, -0.05) is 31.4 Å². The fourth-order valence-corrected chi connectivity index (χ4v) is 5.08. The fraction of sp³-hybridized carbons (Fsp3) is 0.444. The molecule has 1 aliphatic carbocycles. The monoisotopic (exact) mass is 345 g/mol. The Hall–Kier alpha value is -1.95. The van der Waals surface area contributed by atoms with Crippen molar-refractivity contribution in [2.75, 3.05) is 5.32 Å². The molecule has 0 radical (unpaired) electrons. The van der Waals surface area contributed by atoms with Gasteiger partial charge in [0.05, 0.1) is 11.0 Å². The molecule has 0 atom stereocenters. The minimum absolute atomic E-state index is 0.0991. The SMILES string of the molecule is Cc1ccnc(Nc2cccc(CS(=O)(=O)C3CCCCC3)c2)n1. The summed E-state index contributed by atoms with van der Waals surface area (Å²) in [6.07, 6.45) is 6.51. The van der Waals surface area contributed by atoms with Gasteiger partial charge in [0, 0.05) is 17.6 Å². The van der Waals surface area contributed by atoms with Crippen LogP contribution >= 0.6 is 0 Å². The summed E-state index contributed by atoms with van der Waals surface area (Å²) in [6, 6.07) is 9.32. The van der Waals surface area contributed by atoms with Gasteiger partial charge in [-0.3, -0.25) is 0 Å². The van der Waals surface area contributed by atoms with Crippen molar-refractivity contribution in [3.8, 4) is 0 Å². The Morgan fingerprint density at radius 2 is 1.96 bits per heavy atom. The molecule has 1 saturated carbocycles. The van der Waals surface area contributed by atoms with E-state index < -0.39 is 9.84 Å². The van der Waals surface area contributed by atoms with E-state index in [1.165, 1.54) is 0 Å². The molecule has 24 heavy (non-hydrogen) atoms. The van der Waals surface area contributed by atoms with E-state index in [1.54, 1.807) is 6.20 Å². The Bertz CT molecular complexity index is 799. The smallest absolute Gasteiger partial charge is 0.227 e. The molecule has 1 fully saturated rings. The number of rotatable bonds is 5. The molecule has 5 nitrogen and oxygen atoms in total. The molecule has 0 bridgehead atoms.